The predicted molar refractivity (Wildman–Crippen MR) is 272 cm³/mol. The Morgan fingerprint density at radius 1 is 0.831 bits per heavy atom. The van der Waals surface area contributed by atoms with Crippen LogP contribution in [0.5, 0.6) is 0 Å². The van der Waals surface area contributed by atoms with E-state index in [1.165, 1.54) is 30.3 Å². The van der Waals surface area contributed by atoms with Gasteiger partial charge in [-0.15, -0.1) is 0 Å². The molecule has 0 saturated carbocycles. The second-order valence-electron chi connectivity index (χ2n) is 19.4. The van der Waals surface area contributed by atoms with Crippen LogP contribution >= 0.6 is 0 Å². The number of anilines is 1. The van der Waals surface area contributed by atoms with Crippen LogP contribution in [0.1, 0.15) is 82.9 Å². The van der Waals surface area contributed by atoms with Gasteiger partial charge in [-0.3, -0.25) is 43.2 Å². The first-order valence-electron chi connectivity index (χ1n) is 24.8. The van der Waals surface area contributed by atoms with Crippen LogP contribution in [-0.4, -0.2) is 102 Å². The number of hydrogen-bond acceptors (Lipinski definition) is 14. The van der Waals surface area contributed by atoms with E-state index in [9.17, 15) is 47.9 Å². The molecule has 5 N–H and O–H groups in total. The summed E-state index contributed by atoms with van der Waals surface area (Å²) in [5.74, 6) is -6.44. The normalized spacial score (nSPS) is 18.1. The molecule has 5 aromatic rings. The molecule has 0 bridgehead atoms. The fraction of sp³-hybridized carbons (Fsp3) is 0.327. The number of esters is 2. The fourth-order valence-corrected chi connectivity index (χ4v) is 10.2. The molecule has 0 spiro atoms. The predicted octanol–water partition coefficient (Wildman–Crippen LogP) is 2.21. The molecule has 3 aliphatic heterocycles. The lowest BCUT2D eigenvalue weighted by Gasteiger charge is -2.37. The Balaban J connectivity index is 0.780. The van der Waals surface area contributed by atoms with E-state index in [2.05, 4.69) is 26.6 Å². The molecule has 7 amide bonds. The number of hydrogen-bond donors (Lipinski definition) is 5. The zero-order valence-electron chi connectivity index (χ0n) is 42.4. The number of cyclic esters (lactones) is 1. The van der Waals surface area contributed by atoms with Crippen LogP contribution < -0.4 is 37.0 Å². The van der Waals surface area contributed by atoms with Gasteiger partial charge in [-0.05, 0) is 86.6 Å². The second kappa shape index (κ2) is 21.4. The number of halogens is 1. The lowest BCUT2D eigenvalue weighted by molar-refractivity contribution is -0.166. The van der Waals surface area contributed by atoms with E-state index >= 15 is 4.39 Å². The maximum atomic E-state index is 15.5. The lowest BCUT2D eigenvalue weighted by Crippen LogP contribution is -2.52. The van der Waals surface area contributed by atoms with Crippen LogP contribution in [0.3, 0.4) is 0 Å². The minimum Gasteiger partial charge on any atom is -0.460 e. The van der Waals surface area contributed by atoms with Crippen molar-refractivity contribution in [3.05, 3.63) is 140 Å². The van der Waals surface area contributed by atoms with Gasteiger partial charge in [0.15, 0.2) is 0 Å². The summed E-state index contributed by atoms with van der Waals surface area (Å²) < 4.78 is 34.2. The molecule has 1 aliphatic carbocycles. The zero-order valence-corrected chi connectivity index (χ0v) is 42.4. The number of carbonyl (C=O) groups excluding carboxylic acids is 9. The maximum absolute atomic E-state index is 15.5. The Labute approximate surface area is 438 Å². The molecule has 77 heavy (non-hydrogen) atoms. The summed E-state index contributed by atoms with van der Waals surface area (Å²) in [5, 5.41) is 12.9. The molecular weight excluding hydrogens is 1000 g/mol. The molecule has 0 fully saturated rings. The largest absolute Gasteiger partial charge is 0.460 e. The molecule has 0 unspecified atom stereocenters. The first kappa shape index (κ1) is 52.9. The van der Waals surface area contributed by atoms with Gasteiger partial charge in [0.25, 0.3) is 23.3 Å². The smallest absolute Gasteiger partial charge is 0.333 e. The molecule has 0 radical (unpaired) electrons. The molecule has 2 aromatic heterocycles. The average molecular weight is 1050 g/mol. The van der Waals surface area contributed by atoms with Crippen molar-refractivity contribution < 1.29 is 61.8 Å². The number of aryl methyl sites for hydroxylation is 1. The van der Waals surface area contributed by atoms with Crippen molar-refractivity contribution in [1.29, 1.82) is 0 Å². The van der Waals surface area contributed by atoms with E-state index in [0.717, 1.165) is 17.1 Å². The monoisotopic (exact) mass is 1050 g/mol. The summed E-state index contributed by atoms with van der Waals surface area (Å²) >= 11 is 0. The maximum Gasteiger partial charge on any atom is 0.333 e. The SMILES string of the molecule is CC[C@@]1(C)C(=O)OCc2c1cc1n(c2=O)Cc2c-1nc1cc(F)c(C)c3c1c2[C@@](C)(OC(=O)COCNC(=O)CNC(=O)[C@H](Cc1ccccc1)NC(=O)CNC(=O)CNC(=O)c1cccc(N2C(=O)C=CC2=O)c1)CC3. The summed E-state index contributed by atoms with van der Waals surface area (Å²) in [6.45, 7) is 4.15. The van der Waals surface area contributed by atoms with E-state index in [1.54, 1.807) is 61.7 Å². The highest BCUT2D eigenvalue weighted by molar-refractivity contribution is 6.28. The van der Waals surface area contributed by atoms with Gasteiger partial charge >= 0.3 is 11.9 Å². The van der Waals surface area contributed by atoms with Crippen molar-refractivity contribution in [2.24, 2.45) is 0 Å². The van der Waals surface area contributed by atoms with Crippen LogP contribution in [0.25, 0.3) is 22.3 Å². The molecule has 3 atom stereocenters. The Bertz CT molecular complexity index is 3430. The third-order valence-corrected chi connectivity index (χ3v) is 14.5. The van der Waals surface area contributed by atoms with Crippen molar-refractivity contribution in [3.8, 4) is 11.4 Å². The second-order valence-corrected chi connectivity index (χ2v) is 19.4. The van der Waals surface area contributed by atoms with Crippen LogP contribution in [0.15, 0.2) is 83.7 Å². The van der Waals surface area contributed by atoms with Gasteiger partial charge in [0.05, 0.1) is 59.7 Å². The number of ether oxygens (including phenoxy) is 3. The minimum absolute atomic E-state index is 0.0111. The summed E-state index contributed by atoms with van der Waals surface area (Å²) in [7, 11) is 0. The van der Waals surface area contributed by atoms with E-state index in [1.807, 2.05) is 6.92 Å². The number of carbonyl (C=O) groups is 9. The van der Waals surface area contributed by atoms with Crippen LogP contribution in [0, 0.1) is 12.7 Å². The number of benzene rings is 3. The Kier molecular flexibility index (Phi) is 14.7. The number of imide groups is 1. The topological polar surface area (TPSA) is 280 Å². The number of aromatic nitrogens is 2. The molecule has 22 heteroatoms. The zero-order chi connectivity index (χ0) is 54.9. The van der Waals surface area contributed by atoms with E-state index in [-0.39, 0.29) is 42.8 Å². The third-order valence-electron chi connectivity index (χ3n) is 14.5. The molecule has 4 aliphatic rings. The Morgan fingerprint density at radius 2 is 1.55 bits per heavy atom. The standard InChI is InChI=1S/C55H53FN8O13/c1-5-54(3)36-20-40-49-34(25-63(40)52(73)35(36)26-76-53(54)74)48-47-33(29(2)37(56)21-38(47)62-49)16-17-55(48,4)77-46(70)27-75-28-60-42(66)23-59-51(72)39(18-30-10-7-6-8-11-30)61-43(67)24-57-41(65)22-58-50(71)31-12-9-13-32(19-31)64-44(68)14-15-45(64)69/h6-15,19-21,39H,5,16-18,22-28H2,1-4H3,(H,57,65)(H,58,71)(H,59,72)(H,60,66)(H,61,67)/t39-,54+,55-/m0/s1. The highest BCUT2D eigenvalue weighted by Crippen LogP contribution is 2.49. The van der Waals surface area contributed by atoms with Crippen molar-refractivity contribution in [3.63, 3.8) is 0 Å². The molecule has 3 aromatic carbocycles. The van der Waals surface area contributed by atoms with Crippen LogP contribution in [0.2, 0.25) is 0 Å². The summed E-state index contributed by atoms with van der Waals surface area (Å²) in [4.78, 5) is 135. The average Bonchev–Trinajstić information content (AvgIpc) is 4.09. The first-order chi connectivity index (χ1) is 36.8. The fourth-order valence-electron chi connectivity index (χ4n) is 10.2. The number of rotatable bonds is 18. The van der Waals surface area contributed by atoms with Gasteiger partial charge in [-0.25, -0.2) is 19.1 Å². The van der Waals surface area contributed by atoms with Gasteiger partial charge in [0, 0.05) is 46.7 Å². The number of pyridine rings is 2. The molecule has 21 nitrogen and oxygen atoms in total. The minimum atomic E-state index is -1.30. The van der Waals surface area contributed by atoms with Crippen molar-refractivity contribution >= 4 is 69.9 Å². The van der Waals surface area contributed by atoms with E-state index in [4.69, 9.17) is 19.2 Å². The van der Waals surface area contributed by atoms with Crippen LogP contribution in [-0.2, 0) is 89.6 Å². The van der Waals surface area contributed by atoms with Gasteiger partial charge in [0.1, 0.15) is 37.4 Å². The molecule has 398 valence electrons. The van der Waals surface area contributed by atoms with Gasteiger partial charge < -0.3 is 45.4 Å². The van der Waals surface area contributed by atoms with Gasteiger partial charge in [0.2, 0.25) is 23.6 Å². The first-order valence-corrected chi connectivity index (χ1v) is 24.8. The highest BCUT2D eigenvalue weighted by atomic mass is 19.1. The summed E-state index contributed by atoms with van der Waals surface area (Å²) in [5.41, 5.74) is 2.60. The molecule has 9 rings (SSSR count). The van der Waals surface area contributed by atoms with Gasteiger partial charge in [-0.2, -0.15) is 0 Å². The van der Waals surface area contributed by atoms with Crippen molar-refractivity contribution in [1.82, 2.24) is 36.1 Å². The number of fused-ring (bicyclic) bond motifs is 5. The lowest BCUT2D eigenvalue weighted by atomic mass is 9.75. The molecule has 5 heterocycles. The Morgan fingerprint density at radius 3 is 2.29 bits per heavy atom. The van der Waals surface area contributed by atoms with E-state index < -0.39 is 109 Å². The van der Waals surface area contributed by atoms with Crippen molar-refractivity contribution in [2.75, 3.05) is 37.9 Å². The summed E-state index contributed by atoms with van der Waals surface area (Å²) in [6.07, 6.45) is 3.19. The van der Waals surface area contributed by atoms with Gasteiger partial charge in [-0.1, -0.05) is 43.3 Å². The molecular formula is C55H53FN8O13. The van der Waals surface area contributed by atoms with E-state index in [0.29, 0.717) is 74.1 Å². The Hall–Kier alpha value is -8.92. The van der Waals surface area contributed by atoms with Crippen LogP contribution in [0.4, 0.5) is 10.1 Å². The van der Waals surface area contributed by atoms with Crippen molar-refractivity contribution in [2.45, 2.75) is 83.6 Å². The molecule has 0 saturated heterocycles. The quantitative estimate of drug-likeness (QED) is 0.0358. The number of nitrogens with one attached hydrogen (secondary N) is 5. The number of amides is 7. The third kappa shape index (κ3) is 10.4. The number of nitrogens with zero attached hydrogens (tertiary/aromatic N) is 3. The summed E-state index contributed by atoms with van der Waals surface area (Å²) in [6, 6.07) is 16.3. The highest BCUT2D eigenvalue weighted by Gasteiger charge is 2.46.